The van der Waals surface area contributed by atoms with Gasteiger partial charge >= 0.3 is 6.18 Å². The fourth-order valence-electron chi connectivity index (χ4n) is 4.06. The van der Waals surface area contributed by atoms with E-state index in [1.807, 2.05) is 13.0 Å². The zero-order valence-electron chi connectivity index (χ0n) is 17.1. The molecule has 0 N–H and O–H groups in total. The third kappa shape index (κ3) is 5.35. The van der Waals surface area contributed by atoms with Gasteiger partial charge in [-0.1, -0.05) is 37.6 Å². The number of hydrogen-bond acceptors (Lipinski definition) is 3. The Morgan fingerprint density at radius 2 is 1.83 bits per heavy atom. The van der Waals surface area contributed by atoms with E-state index in [-0.39, 0.29) is 18.0 Å². The largest absolute Gasteiger partial charge is 0.412 e. The lowest BCUT2D eigenvalue weighted by Crippen LogP contribution is -2.51. The Morgan fingerprint density at radius 1 is 1.20 bits per heavy atom. The number of unbranched alkanes of at least 4 members (excludes halogenated alkanes) is 1. The van der Waals surface area contributed by atoms with Crippen LogP contribution in [0.25, 0.3) is 0 Å². The quantitative estimate of drug-likeness (QED) is 0.557. The monoisotopic (exact) mass is 446 g/mol. The standard InChI is InChI=1S/C21H29F3N2O3S/c1-2-3-4-8-20(27)25-13-11-18(12-14-25)26(17-9-10-17)30(28,29)19-7-5-6-16(15-19)21(22,23)24/h4-8,17-19H,2-3,9-15H2,1H3/b8-4+. The van der Waals surface area contributed by atoms with Crippen molar-refractivity contribution in [3.8, 4) is 0 Å². The maximum Gasteiger partial charge on any atom is 0.412 e. The van der Waals surface area contributed by atoms with Gasteiger partial charge in [0.2, 0.25) is 15.9 Å². The van der Waals surface area contributed by atoms with Gasteiger partial charge in [0.15, 0.2) is 0 Å². The number of rotatable bonds is 7. The number of carbonyl (C=O) groups is 1. The maximum absolute atomic E-state index is 13.3. The molecule has 5 nitrogen and oxygen atoms in total. The lowest BCUT2D eigenvalue weighted by Gasteiger charge is -2.39. The van der Waals surface area contributed by atoms with E-state index in [0.29, 0.717) is 25.9 Å². The van der Waals surface area contributed by atoms with Crippen LogP contribution < -0.4 is 0 Å². The molecular weight excluding hydrogens is 417 g/mol. The predicted molar refractivity (Wildman–Crippen MR) is 109 cm³/mol. The van der Waals surface area contributed by atoms with Crippen LogP contribution in [0.4, 0.5) is 13.2 Å². The van der Waals surface area contributed by atoms with Crippen LogP contribution in [0.5, 0.6) is 0 Å². The van der Waals surface area contributed by atoms with Crippen molar-refractivity contribution in [2.75, 3.05) is 13.1 Å². The first-order valence-corrected chi connectivity index (χ1v) is 12.1. The number of allylic oxidation sites excluding steroid dienone is 4. The van der Waals surface area contributed by atoms with Gasteiger partial charge in [0.25, 0.3) is 0 Å². The second kappa shape index (κ2) is 9.26. The van der Waals surface area contributed by atoms with Gasteiger partial charge < -0.3 is 4.90 Å². The Balaban J connectivity index is 1.68. The van der Waals surface area contributed by atoms with Crippen LogP contribution in [0, 0.1) is 0 Å². The average molecular weight is 447 g/mol. The molecule has 0 radical (unpaired) electrons. The molecular formula is C21H29F3N2O3S. The summed E-state index contributed by atoms with van der Waals surface area (Å²) >= 11 is 0. The van der Waals surface area contributed by atoms with Gasteiger partial charge in [-0.2, -0.15) is 17.5 Å². The van der Waals surface area contributed by atoms with Gasteiger partial charge in [-0.25, -0.2) is 8.42 Å². The minimum absolute atomic E-state index is 0.0714. The summed E-state index contributed by atoms with van der Waals surface area (Å²) in [6.45, 7) is 2.93. The molecule has 0 bridgehead atoms. The molecule has 1 heterocycles. The van der Waals surface area contributed by atoms with Gasteiger partial charge in [0, 0.05) is 30.7 Å². The van der Waals surface area contributed by atoms with Crippen molar-refractivity contribution in [1.29, 1.82) is 0 Å². The van der Waals surface area contributed by atoms with Crippen LogP contribution in [-0.2, 0) is 14.8 Å². The molecule has 1 unspecified atom stereocenters. The number of nitrogens with zero attached hydrogens (tertiary/aromatic N) is 2. The first kappa shape index (κ1) is 23.1. The van der Waals surface area contributed by atoms with E-state index in [1.165, 1.54) is 16.5 Å². The highest BCUT2D eigenvalue weighted by atomic mass is 32.2. The molecule has 1 saturated carbocycles. The smallest absolute Gasteiger partial charge is 0.339 e. The summed E-state index contributed by atoms with van der Waals surface area (Å²) in [6.07, 6.45) is 6.10. The fourth-order valence-corrected chi connectivity index (χ4v) is 6.30. The van der Waals surface area contributed by atoms with Crippen molar-refractivity contribution < 1.29 is 26.4 Å². The molecule has 2 fully saturated rings. The number of halogens is 3. The number of amides is 1. The number of piperidine rings is 1. The highest BCUT2D eigenvalue weighted by Gasteiger charge is 2.47. The highest BCUT2D eigenvalue weighted by molar-refractivity contribution is 7.90. The number of hydrogen-bond donors (Lipinski definition) is 0. The number of carbonyl (C=O) groups excluding carboxylic acids is 1. The molecule has 1 atom stereocenters. The third-order valence-corrected chi connectivity index (χ3v) is 8.12. The third-order valence-electron chi connectivity index (χ3n) is 5.84. The number of sulfonamides is 1. The van der Waals surface area contributed by atoms with Crippen LogP contribution in [0.1, 0.15) is 51.9 Å². The number of likely N-dealkylation sites (tertiary alicyclic amines) is 1. The van der Waals surface area contributed by atoms with Gasteiger partial charge in [0.05, 0.1) is 5.25 Å². The van der Waals surface area contributed by atoms with Gasteiger partial charge in [0.1, 0.15) is 0 Å². The van der Waals surface area contributed by atoms with Crippen LogP contribution >= 0.6 is 0 Å². The molecule has 2 aliphatic carbocycles. The van der Waals surface area contributed by atoms with E-state index in [0.717, 1.165) is 31.8 Å². The summed E-state index contributed by atoms with van der Waals surface area (Å²) < 4.78 is 67.4. The molecule has 0 aromatic carbocycles. The second-order valence-corrected chi connectivity index (χ2v) is 10.2. The molecule has 0 aromatic rings. The zero-order valence-corrected chi connectivity index (χ0v) is 18.0. The summed E-state index contributed by atoms with van der Waals surface area (Å²) in [5.41, 5.74) is -0.811. The Bertz CT molecular complexity index is 821. The minimum atomic E-state index is -4.53. The normalized spacial score (nSPS) is 24.0. The Labute approximate surface area is 176 Å². The van der Waals surface area contributed by atoms with Gasteiger partial charge in [-0.05, 0) is 44.6 Å². The van der Waals surface area contributed by atoms with Crippen LogP contribution in [0.2, 0.25) is 0 Å². The second-order valence-electron chi connectivity index (χ2n) is 8.17. The fraction of sp³-hybridized carbons (Fsp3) is 0.667. The molecule has 0 spiro atoms. The van der Waals surface area contributed by atoms with E-state index in [1.54, 1.807) is 11.0 Å². The van der Waals surface area contributed by atoms with Crippen molar-refractivity contribution >= 4 is 15.9 Å². The lowest BCUT2D eigenvalue weighted by molar-refractivity contribution is -0.127. The Kier molecular flexibility index (Phi) is 7.12. The topological polar surface area (TPSA) is 57.7 Å². The zero-order chi connectivity index (χ0) is 21.9. The van der Waals surface area contributed by atoms with Crippen LogP contribution in [0.3, 0.4) is 0 Å². The van der Waals surface area contributed by atoms with E-state index < -0.39 is 33.4 Å². The van der Waals surface area contributed by atoms with Gasteiger partial charge in [-0.3, -0.25) is 4.79 Å². The number of alkyl halides is 3. The highest BCUT2D eigenvalue weighted by Crippen LogP contribution is 2.39. The molecule has 9 heteroatoms. The Hall–Kier alpha value is -1.61. The predicted octanol–water partition coefficient (Wildman–Crippen LogP) is 3.95. The molecule has 3 aliphatic rings. The van der Waals surface area contributed by atoms with E-state index in [9.17, 15) is 26.4 Å². The molecule has 1 saturated heterocycles. The summed E-state index contributed by atoms with van der Waals surface area (Å²) in [5.74, 6) is -0.0714. The van der Waals surface area contributed by atoms with Crippen molar-refractivity contribution in [1.82, 2.24) is 9.21 Å². The lowest BCUT2D eigenvalue weighted by atomic mass is 10.0. The Morgan fingerprint density at radius 3 is 2.40 bits per heavy atom. The molecule has 30 heavy (non-hydrogen) atoms. The molecule has 0 aromatic heterocycles. The minimum Gasteiger partial charge on any atom is -0.339 e. The maximum atomic E-state index is 13.3. The first-order chi connectivity index (χ1) is 14.1. The summed E-state index contributed by atoms with van der Waals surface area (Å²) in [6, 6.07) is -0.417. The van der Waals surface area contributed by atoms with Crippen molar-refractivity contribution in [3.63, 3.8) is 0 Å². The van der Waals surface area contributed by atoms with Crippen LogP contribution in [-0.4, -0.2) is 60.1 Å². The SMILES string of the molecule is CCC/C=C/C(=O)N1CCC(N(C2CC2)S(=O)(=O)C2C=CC=C(C(F)(F)F)C2)CC1. The molecule has 168 valence electrons. The summed E-state index contributed by atoms with van der Waals surface area (Å²) in [4.78, 5) is 14.0. The van der Waals surface area contributed by atoms with Crippen molar-refractivity contribution in [3.05, 3.63) is 36.0 Å². The van der Waals surface area contributed by atoms with Crippen molar-refractivity contribution in [2.45, 2.75) is 75.4 Å². The molecule has 1 aliphatic heterocycles. The van der Waals surface area contributed by atoms with E-state index in [2.05, 4.69) is 0 Å². The summed E-state index contributed by atoms with van der Waals surface area (Å²) in [5, 5.41) is -1.20. The average Bonchev–Trinajstić information content (AvgIpc) is 3.53. The first-order valence-electron chi connectivity index (χ1n) is 10.6. The molecule has 1 amide bonds. The van der Waals surface area contributed by atoms with Gasteiger partial charge in [-0.15, -0.1) is 0 Å². The van der Waals surface area contributed by atoms with Crippen LogP contribution in [0.15, 0.2) is 36.0 Å². The van der Waals surface area contributed by atoms with E-state index >= 15 is 0 Å². The van der Waals surface area contributed by atoms with E-state index in [4.69, 9.17) is 0 Å². The van der Waals surface area contributed by atoms with Crippen molar-refractivity contribution in [2.24, 2.45) is 0 Å². The molecule has 3 rings (SSSR count). The summed E-state index contributed by atoms with van der Waals surface area (Å²) in [7, 11) is -3.92.